The molecule has 5 nitrogen and oxygen atoms in total. The third-order valence-corrected chi connectivity index (χ3v) is 7.42. The maximum Gasteiger partial charge on any atom is 0.264 e. The van der Waals surface area contributed by atoms with Crippen LogP contribution in [0.4, 0.5) is 4.39 Å². The highest BCUT2D eigenvalue weighted by Crippen LogP contribution is 2.24. The van der Waals surface area contributed by atoms with E-state index >= 15 is 0 Å². The Bertz CT molecular complexity index is 987. The van der Waals surface area contributed by atoms with Crippen molar-refractivity contribution in [2.45, 2.75) is 58.2 Å². The van der Waals surface area contributed by atoms with E-state index in [1.165, 1.54) is 29.8 Å². The molecule has 2 atom stereocenters. The molecule has 2 unspecified atom stereocenters. The monoisotopic (exact) mass is 447 g/mol. The molecule has 0 N–H and O–H groups in total. The fourth-order valence-corrected chi connectivity index (χ4v) is 5.51. The number of nitrogens with zero attached hydrogens (tertiary/aromatic N) is 1. The Kier molecular flexibility index (Phi) is 7.36. The molecule has 1 fully saturated rings. The second-order valence-electron chi connectivity index (χ2n) is 8.39. The van der Waals surface area contributed by atoms with Gasteiger partial charge in [0.1, 0.15) is 11.6 Å². The first-order valence-corrected chi connectivity index (χ1v) is 12.5. The third kappa shape index (κ3) is 6.06. The van der Waals surface area contributed by atoms with Gasteiger partial charge in [0.15, 0.2) is 15.9 Å². The quantitative estimate of drug-likeness (QED) is 0.605. The predicted octanol–water partition coefficient (Wildman–Crippen LogP) is 4.32. The van der Waals surface area contributed by atoms with Gasteiger partial charge in [-0.05, 0) is 54.2 Å². The lowest BCUT2D eigenvalue weighted by molar-refractivity contribution is -0.141. The number of hydrogen-bond donors (Lipinski definition) is 0. The summed E-state index contributed by atoms with van der Waals surface area (Å²) in [4.78, 5) is 15.1. The van der Waals surface area contributed by atoms with Gasteiger partial charge in [-0.2, -0.15) is 0 Å². The van der Waals surface area contributed by atoms with E-state index in [9.17, 15) is 17.6 Å². The number of amides is 1. The van der Waals surface area contributed by atoms with Gasteiger partial charge in [-0.3, -0.25) is 4.79 Å². The van der Waals surface area contributed by atoms with E-state index in [1.807, 2.05) is 31.2 Å². The van der Waals surface area contributed by atoms with Gasteiger partial charge in [0.25, 0.3) is 5.91 Å². The smallest absolute Gasteiger partial charge is 0.264 e. The molecule has 0 saturated carbocycles. The number of carbonyl (C=O) groups is 1. The largest absolute Gasteiger partial charge is 0.481 e. The highest BCUT2D eigenvalue weighted by atomic mass is 32.2. The highest BCUT2D eigenvalue weighted by molar-refractivity contribution is 7.91. The van der Waals surface area contributed by atoms with Crippen LogP contribution in [0.25, 0.3) is 0 Å². The first-order chi connectivity index (χ1) is 14.7. The second kappa shape index (κ2) is 9.81. The van der Waals surface area contributed by atoms with Crippen molar-refractivity contribution in [1.29, 1.82) is 0 Å². The van der Waals surface area contributed by atoms with Gasteiger partial charge >= 0.3 is 0 Å². The number of halogens is 1. The summed E-state index contributed by atoms with van der Waals surface area (Å²) >= 11 is 0. The molecule has 1 aliphatic heterocycles. The first-order valence-electron chi connectivity index (χ1n) is 10.7. The molecule has 31 heavy (non-hydrogen) atoms. The Morgan fingerprint density at radius 2 is 1.77 bits per heavy atom. The minimum absolute atomic E-state index is 0.0319. The van der Waals surface area contributed by atoms with Gasteiger partial charge < -0.3 is 9.64 Å². The van der Waals surface area contributed by atoms with E-state index in [0.717, 1.165) is 5.56 Å². The van der Waals surface area contributed by atoms with E-state index < -0.39 is 15.9 Å². The Morgan fingerprint density at radius 1 is 1.13 bits per heavy atom. The Balaban J connectivity index is 1.83. The van der Waals surface area contributed by atoms with Gasteiger partial charge in [0, 0.05) is 12.6 Å². The van der Waals surface area contributed by atoms with Crippen molar-refractivity contribution in [1.82, 2.24) is 4.90 Å². The lowest BCUT2D eigenvalue weighted by Crippen LogP contribution is -2.47. The van der Waals surface area contributed by atoms with Crippen LogP contribution in [0.5, 0.6) is 5.75 Å². The molecule has 3 rings (SSSR count). The zero-order valence-electron chi connectivity index (χ0n) is 18.3. The molecule has 0 aliphatic carbocycles. The molecule has 2 aromatic rings. The van der Waals surface area contributed by atoms with Gasteiger partial charge in [0.05, 0.1) is 11.5 Å². The van der Waals surface area contributed by atoms with Crippen molar-refractivity contribution in [3.63, 3.8) is 0 Å². The van der Waals surface area contributed by atoms with Crippen LogP contribution in [-0.4, -0.2) is 42.9 Å². The van der Waals surface area contributed by atoms with Crippen LogP contribution in [0, 0.1) is 5.82 Å². The van der Waals surface area contributed by atoms with Crippen molar-refractivity contribution in [3.05, 3.63) is 65.5 Å². The zero-order valence-corrected chi connectivity index (χ0v) is 19.1. The van der Waals surface area contributed by atoms with Gasteiger partial charge in [0.2, 0.25) is 0 Å². The Labute approximate surface area is 184 Å². The topological polar surface area (TPSA) is 63.7 Å². The van der Waals surface area contributed by atoms with Crippen LogP contribution in [0.15, 0.2) is 48.5 Å². The van der Waals surface area contributed by atoms with Crippen molar-refractivity contribution < 1.29 is 22.3 Å². The number of benzene rings is 2. The van der Waals surface area contributed by atoms with Crippen LogP contribution < -0.4 is 4.74 Å². The third-order valence-electron chi connectivity index (χ3n) is 5.67. The van der Waals surface area contributed by atoms with Crippen LogP contribution in [0.1, 0.15) is 50.7 Å². The normalized spacial score (nSPS) is 18.7. The molecular formula is C24H30FNO4S. The fourth-order valence-electron chi connectivity index (χ4n) is 3.78. The number of hydrogen-bond acceptors (Lipinski definition) is 4. The summed E-state index contributed by atoms with van der Waals surface area (Å²) in [6.07, 6.45) is 0.0626. The van der Waals surface area contributed by atoms with Crippen LogP contribution in [0.2, 0.25) is 0 Å². The average molecular weight is 448 g/mol. The second-order valence-corrected chi connectivity index (χ2v) is 10.6. The summed E-state index contributed by atoms with van der Waals surface area (Å²) in [5.74, 6) is 0.234. The maximum absolute atomic E-state index is 13.5. The van der Waals surface area contributed by atoms with Gasteiger partial charge in [-0.15, -0.1) is 0 Å². The molecule has 0 bridgehead atoms. The minimum atomic E-state index is -3.16. The lowest BCUT2D eigenvalue weighted by Gasteiger charge is -2.32. The summed E-state index contributed by atoms with van der Waals surface area (Å²) < 4.78 is 43.3. The summed E-state index contributed by atoms with van der Waals surface area (Å²) in [6.45, 7) is 6.40. The van der Waals surface area contributed by atoms with Gasteiger partial charge in [-0.25, -0.2) is 12.8 Å². The van der Waals surface area contributed by atoms with Crippen LogP contribution in [-0.2, 0) is 21.2 Å². The number of rotatable bonds is 8. The molecular weight excluding hydrogens is 417 g/mol. The molecule has 168 valence electrons. The summed E-state index contributed by atoms with van der Waals surface area (Å²) in [5, 5.41) is 0. The SMILES string of the molecule is CCC(Oc1ccc(F)cc1)C(=O)N(Cc1ccc(C(C)C)cc1)C1CCS(=O)(=O)C1. The van der Waals surface area contributed by atoms with Crippen LogP contribution >= 0.6 is 0 Å². The van der Waals surface area contributed by atoms with E-state index in [4.69, 9.17) is 4.74 Å². The molecule has 1 heterocycles. The van der Waals surface area contributed by atoms with Crippen molar-refractivity contribution >= 4 is 15.7 Å². The predicted molar refractivity (Wildman–Crippen MR) is 119 cm³/mol. The average Bonchev–Trinajstić information content (AvgIpc) is 3.10. The van der Waals surface area contributed by atoms with Crippen molar-refractivity contribution in [3.8, 4) is 5.75 Å². The summed E-state index contributed by atoms with van der Waals surface area (Å²) in [5.41, 5.74) is 2.15. The van der Waals surface area contributed by atoms with E-state index in [0.29, 0.717) is 31.1 Å². The molecule has 7 heteroatoms. The molecule has 0 spiro atoms. The van der Waals surface area contributed by atoms with Crippen molar-refractivity contribution in [2.75, 3.05) is 11.5 Å². The lowest BCUT2D eigenvalue weighted by atomic mass is 10.0. The number of ether oxygens (including phenoxy) is 1. The fraction of sp³-hybridized carbons (Fsp3) is 0.458. The molecule has 0 aromatic heterocycles. The molecule has 1 aliphatic rings. The molecule has 0 radical (unpaired) electrons. The Hall–Kier alpha value is -2.41. The number of carbonyl (C=O) groups excluding carboxylic acids is 1. The molecule has 1 amide bonds. The number of sulfone groups is 1. The standard InChI is InChI=1S/C24H30FNO4S/c1-4-23(30-22-11-9-20(25)10-12-22)24(27)26(21-13-14-31(28,29)16-21)15-18-5-7-19(8-6-18)17(2)3/h5-12,17,21,23H,4,13-16H2,1-3H3. The Morgan fingerprint density at radius 3 is 2.29 bits per heavy atom. The first kappa shape index (κ1) is 23.3. The zero-order chi connectivity index (χ0) is 22.6. The summed E-state index contributed by atoms with van der Waals surface area (Å²) in [7, 11) is -3.16. The van der Waals surface area contributed by atoms with Crippen LogP contribution in [0.3, 0.4) is 0 Å². The van der Waals surface area contributed by atoms with Gasteiger partial charge in [-0.1, -0.05) is 45.0 Å². The van der Waals surface area contributed by atoms with E-state index in [1.54, 1.807) is 4.90 Å². The molecule has 1 saturated heterocycles. The maximum atomic E-state index is 13.5. The van der Waals surface area contributed by atoms with E-state index in [2.05, 4.69) is 13.8 Å². The van der Waals surface area contributed by atoms with Crippen molar-refractivity contribution in [2.24, 2.45) is 0 Å². The highest BCUT2D eigenvalue weighted by Gasteiger charge is 2.37. The summed E-state index contributed by atoms with van der Waals surface area (Å²) in [6, 6.07) is 13.2. The van der Waals surface area contributed by atoms with E-state index in [-0.39, 0.29) is 29.3 Å². The minimum Gasteiger partial charge on any atom is -0.481 e. The molecule has 2 aromatic carbocycles.